The third-order valence-electron chi connectivity index (χ3n) is 6.92. The Balaban J connectivity index is 1.37. The lowest BCUT2D eigenvalue weighted by molar-refractivity contribution is 0.0379. The Kier molecular flexibility index (Phi) is 5.16. The number of hydrogen-bond acceptors (Lipinski definition) is 4. The zero-order valence-electron chi connectivity index (χ0n) is 19.1. The standard InChI is InChI=1S/C25H20F4N6O/c1-33-23(13-8-18(27)21(29)19(28)9-13)17-11-16-6-3-7-20(22(17)31-33)35(16)25(36)24-30-12-34(32-24)15-5-2-4-14(26)10-15/h2,4-5,8-10,12,16,20H,3,6-7,11H2,1H3/t16-,20+/m1/s1. The van der Waals surface area contributed by atoms with Gasteiger partial charge in [0.2, 0.25) is 5.82 Å². The monoisotopic (exact) mass is 496 g/mol. The van der Waals surface area contributed by atoms with E-state index in [0.29, 0.717) is 29.9 Å². The predicted octanol–water partition coefficient (Wildman–Crippen LogP) is 4.52. The van der Waals surface area contributed by atoms with Crippen LogP contribution in [0.5, 0.6) is 0 Å². The summed E-state index contributed by atoms with van der Waals surface area (Å²) in [6.45, 7) is 0. The number of carbonyl (C=O) groups is 1. The summed E-state index contributed by atoms with van der Waals surface area (Å²) in [6.07, 6.45) is 4.06. The molecule has 11 heteroatoms. The molecule has 0 aliphatic carbocycles. The number of benzene rings is 2. The van der Waals surface area contributed by atoms with Gasteiger partial charge in [-0.2, -0.15) is 5.10 Å². The van der Waals surface area contributed by atoms with E-state index >= 15 is 0 Å². The lowest BCUT2D eigenvalue weighted by Gasteiger charge is -2.44. The van der Waals surface area contributed by atoms with E-state index in [0.717, 1.165) is 30.5 Å². The van der Waals surface area contributed by atoms with Crippen LogP contribution in [-0.4, -0.2) is 41.4 Å². The van der Waals surface area contributed by atoms with Gasteiger partial charge < -0.3 is 4.90 Å². The highest BCUT2D eigenvalue weighted by molar-refractivity contribution is 5.91. The summed E-state index contributed by atoms with van der Waals surface area (Å²) in [4.78, 5) is 19.5. The van der Waals surface area contributed by atoms with Crippen molar-refractivity contribution in [2.75, 3.05) is 0 Å². The van der Waals surface area contributed by atoms with Crippen LogP contribution in [0.4, 0.5) is 17.6 Å². The van der Waals surface area contributed by atoms with Gasteiger partial charge in [0.1, 0.15) is 12.1 Å². The average Bonchev–Trinajstić information content (AvgIpc) is 3.46. The van der Waals surface area contributed by atoms with Crippen molar-refractivity contribution in [1.29, 1.82) is 0 Å². The fraction of sp³-hybridized carbons (Fsp3) is 0.280. The van der Waals surface area contributed by atoms with Crippen molar-refractivity contribution >= 4 is 5.91 Å². The van der Waals surface area contributed by atoms with Gasteiger partial charge in [-0.1, -0.05) is 6.07 Å². The molecule has 6 rings (SSSR count). The Bertz CT molecular complexity index is 1490. The highest BCUT2D eigenvalue weighted by Crippen LogP contribution is 2.45. The number of nitrogens with zero attached hydrogens (tertiary/aromatic N) is 6. The normalized spacial score (nSPS) is 18.9. The maximum atomic E-state index is 14.0. The van der Waals surface area contributed by atoms with Crippen LogP contribution in [0.2, 0.25) is 0 Å². The van der Waals surface area contributed by atoms with Gasteiger partial charge in [-0.15, -0.1) is 5.10 Å². The van der Waals surface area contributed by atoms with E-state index in [9.17, 15) is 22.4 Å². The summed E-state index contributed by atoms with van der Waals surface area (Å²) in [5.74, 6) is -4.87. The van der Waals surface area contributed by atoms with E-state index in [1.54, 1.807) is 24.1 Å². The second-order valence-corrected chi connectivity index (χ2v) is 9.10. The molecule has 1 fully saturated rings. The van der Waals surface area contributed by atoms with Gasteiger partial charge in [0.15, 0.2) is 17.5 Å². The molecule has 2 aromatic carbocycles. The molecule has 2 aliphatic rings. The lowest BCUT2D eigenvalue weighted by Crippen LogP contribution is -2.50. The minimum Gasteiger partial charge on any atom is -0.324 e. The summed E-state index contributed by atoms with van der Waals surface area (Å²) >= 11 is 0. The molecule has 1 saturated heterocycles. The van der Waals surface area contributed by atoms with Crippen molar-refractivity contribution in [2.45, 2.75) is 37.8 Å². The number of piperidine rings is 1. The number of halogens is 4. The quantitative estimate of drug-likeness (QED) is 0.309. The van der Waals surface area contributed by atoms with Crippen LogP contribution in [0.15, 0.2) is 42.7 Å². The number of fused-ring (bicyclic) bond motifs is 4. The molecule has 0 saturated carbocycles. The van der Waals surface area contributed by atoms with Crippen molar-refractivity contribution in [2.24, 2.45) is 7.05 Å². The van der Waals surface area contributed by atoms with Crippen LogP contribution in [0.1, 0.15) is 47.2 Å². The van der Waals surface area contributed by atoms with E-state index in [4.69, 9.17) is 0 Å². The summed E-state index contributed by atoms with van der Waals surface area (Å²) in [7, 11) is 1.66. The largest absolute Gasteiger partial charge is 0.324 e. The van der Waals surface area contributed by atoms with Crippen LogP contribution in [0.25, 0.3) is 16.9 Å². The number of hydrogen-bond donors (Lipinski definition) is 0. The summed E-state index contributed by atoms with van der Waals surface area (Å²) in [5, 5.41) is 8.90. The molecule has 7 nitrogen and oxygen atoms in total. The van der Waals surface area contributed by atoms with E-state index in [1.165, 1.54) is 27.8 Å². The molecule has 184 valence electrons. The number of aryl methyl sites for hydroxylation is 1. The molecule has 2 aromatic heterocycles. The van der Waals surface area contributed by atoms with E-state index in [2.05, 4.69) is 15.2 Å². The minimum absolute atomic E-state index is 0.0153. The Morgan fingerprint density at radius 3 is 2.56 bits per heavy atom. The number of rotatable bonds is 3. The Morgan fingerprint density at radius 2 is 1.81 bits per heavy atom. The third kappa shape index (κ3) is 3.49. The third-order valence-corrected chi connectivity index (χ3v) is 6.92. The first-order valence-corrected chi connectivity index (χ1v) is 11.5. The van der Waals surface area contributed by atoms with Crippen LogP contribution in [-0.2, 0) is 13.5 Å². The molecule has 2 aliphatic heterocycles. The van der Waals surface area contributed by atoms with Crippen molar-refractivity contribution in [3.05, 3.63) is 83.1 Å². The number of carbonyl (C=O) groups excluding carboxylic acids is 1. The average molecular weight is 496 g/mol. The van der Waals surface area contributed by atoms with Crippen molar-refractivity contribution in [3.63, 3.8) is 0 Å². The molecular formula is C25H20F4N6O. The molecule has 0 N–H and O–H groups in total. The minimum atomic E-state index is -1.52. The van der Waals surface area contributed by atoms with Gasteiger partial charge in [-0.3, -0.25) is 9.48 Å². The van der Waals surface area contributed by atoms with Crippen molar-refractivity contribution in [1.82, 2.24) is 29.4 Å². The first-order chi connectivity index (χ1) is 17.3. The topological polar surface area (TPSA) is 68.8 Å². The van der Waals surface area contributed by atoms with Crippen LogP contribution in [0.3, 0.4) is 0 Å². The van der Waals surface area contributed by atoms with E-state index in [-0.39, 0.29) is 29.4 Å². The summed E-state index contributed by atoms with van der Waals surface area (Å²) in [5.41, 5.74) is 2.57. The second-order valence-electron chi connectivity index (χ2n) is 9.10. The van der Waals surface area contributed by atoms with Gasteiger partial charge in [-0.25, -0.2) is 27.2 Å². The van der Waals surface area contributed by atoms with Gasteiger partial charge >= 0.3 is 0 Å². The smallest absolute Gasteiger partial charge is 0.294 e. The highest BCUT2D eigenvalue weighted by Gasteiger charge is 2.44. The van der Waals surface area contributed by atoms with Crippen molar-refractivity contribution < 1.29 is 22.4 Å². The molecule has 4 aromatic rings. The predicted molar refractivity (Wildman–Crippen MR) is 120 cm³/mol. The number of aromatic nitrogens is 5. The fourth-order valence-corrected chi connectivity index (χ4v) is 5.42. The zero-order valence-corrected chi connectivity index (χ0v) is 19.1. The molecule has 0 radical (unpaired) electrons. The van der Waals surface area contributed by atoms with Crippen LogP contribution < -0.4 is 0 Å². The molecule has 36 heavy (non-hydrogen) atoms. The number of amides is 1. The summed E-state index contributed by atoms with van der Waals surface area (Å²) < 4.78 is 58.0. The molecule has 1 amide bonds. The summed E-state index contributed by atoms with van der Waals surface area (Å²) in [6, 6.07) is 7.18. The van der Waals surface area contributed by atoms with Gasteiger partial charge in [0.05, 0.1) is 23.1 Å². The Morgan fingerprint density at radius 1 is 1.03 bits per heavy atom. The Hall–Kier alpha value is -4.02. The zero-order chi connectivity index (χ0) is 25.1. The van der Waals surface area contributed by atoms with Crippen LogP contribution >= 0.6 is 0 Å². The molecule has 4 heterocycles. The molecule has 0 spiro atoms. The van der Waals surface area contributed by atoms with Gasteiger partial charge in [0.25, 0.3) is 5.91 Å². The van der Waals surface area contributed by atoms with Crippen LogP contribution in [0, 0.1) is 23.3 Å². The van der Waals surface area contributed by atoms with Gasteiger partial charge in [0, 0.05) is 24.2 Å². The second kappa shape index (κ2) is 8.28. The SMILES string of the molecule is Cn1nc2c(c1-c1cc(F)c(F)c(F)c1)C[C@H]1CCC[C@@H]2N1C(=O)c1ncn(-c2cccc(F)c2)n1. The first-order valence-electron chi connectivity index (χ1n) is 11.5. The molecule has 2 atom stereocenters. The maximum absolute atomic E-state index is 14.0. The lowest BCUT2D eigenvalue weighted by atomic mass is 9.81. The Labute approximate surface area is 203 Å². The maximum Gasteiger partial charge on any atom is 0.294 e. The van der Waals surface area contributed by atoms with E-state index in [1.807, 2.05) is 0 Å². The molecule has 2 bridgehead atoms. The fourth-order valence-electron chi connectivity index (χ4n) is 5.42. The van der Waals surface area contributed by atoms with Crippen molar-refractivity contribution in [3.8, 4) is 16.9 Å². The van der Waals surface area contributed by atoms with Gasteiger partial charge in [-0.05, 0) is 56.0 Å². The molecule has 0 unspecified atom stereocenters. The highest BCUT2D eigenvalue weighted by atomic mass is 19.2. The van der Waals surface area contributed by atoms with E-state index < -0.39 is 23.3 Å². The molecular weight excluding hydrogens is 476 g/mol. The first kappa shape index (κ1) is 22.4.